The maximum Gasteiger partial charge on any atom is 0.404 e. The summed E-state index contributed by atoms with van der Waals surface area (Å²) in [5.74, 6) is -0.986. The maximum atomic E-state index is 13.7. The summed E-state index contributed by atoms with van der Waals surface area (Å²) >= 11 is 0. The quantitative estimate of drug-likeness (QED) is 0.243. The first-order chi connectivity index (χ1) is 23.3. The highest BCUT2D eigenvalue weighted by Gasteiger charge is 2.35. The van der Waals surface area contributed by atoms with Gasteiger partial charge < -0.3 is 30.9 Å². The number of aromatic hydroxyl groups is 2. The number of hydrogen-bond acceptors (Lipinski definition) is 10. The molecule has 0 bridgehead atoms. The first kappa shape index (κ1) is 35.6. The number of primary amides is 1. The largest absolute Gasteiger partial charge is 0.508 e. The smallest absolute Gasteiger partial charge is 0.404 e. The highest BCUT2D eigenvalue weighted by molar-refractivity contribution is 7.89. The molecule has 49 heavy (non-hydrogen) atoms. The molecule has 2 aromatic carbocycles. The number of ether oxygens (including phenoxy) is 1. The number of nitrogens with two attached hydrogens (primary N) is 1. The number of likely N-dealkylation sites (tertiary alicyclic amines) is 1. The highest BCUT2D eigenvalue weighted by atomic mass is 32.2. The summed E-state index contributed by atoms with van der Waals surface area (Å²) in [6.45, 7) is 7.59. The molecule has 3 heterocycles. The van der Waals surface area contributed by atoms with Gasteiger partial charge in [0, 0.05) is 50.4 Å². The predicted molar refractivity (Wildman–Crippen MR) is 179 cm³/mol. The van der Waals surface area contributed by atoms with E-state index < -0.39 is 22.0 Å². The number of carbonyl (C=O) groups is 3. The minimum atomic E-state index is -3.90. The first-order valence-corrected chi connectivity index (χ1v) is 17.9. The zero-order chi connectivity index (χ0) is 35.5. The molecule has 0 unspecified atom stereocenters. The van der Waals surface area contributed by atoms with E-state index in [-0.39, 0.29) is 77.0 Å². The van der Waals surface area contributed by atoms with E-state index in [1.54, 1.807) is 13.0 Å². The van der Waals surface area contributed by atoms with Gasteiger partial charge in [-0.3, -0.25) is 14.2 Å². The van der Waals surface area contributed by atoms with Crippen molar-refractivity contribution in [1.29, 1.82) is 0 Å². The fourth-order valence-corrected chi connectivity index (χ4v) is 7.83. The molecule has 5 rings (SSSR count). The Morgan fingerprint density at radius 1 is 0.980 bits per heavy atom. The van der Waals surface area contributed by atoms with Crippen molar-refractivity contribution in [2.45, 2.75) is 57.3 Å². The van der Waals surface area contributed by atoms with Gasteiger partial charge in [-0.05, 0) is 80.3 Å². The number of nitrogens with one attached hydrogen (secondary N) is 1. The lowest BCUT2D eigenvalue weighted by Gasteiger charge is -2.36. The molecule has 16 heteroatoms. The number of phenolic OH excluding ortho intramolecular Hbond substituents is 2. The van der Waals surface area contributed by atoms with Crippen molar-refractivity contribution in [2.24, 2.45) is 17.6 Å². The molecule has 3 aromatic rings. The van der Waals surface area contributed by atoms with Gasteiger partial charge in [0.1, 0.15) is 11.5 Å². The minimum absolute atomic E-state index is 0.0171. The average molecular weight is 698 g/mol. The number of sulfonamides is 1. The van der Waals surface area contributed by atoms with E-state index >= 15 is 0 Å². The lowest BCUT2D eigenvalue weighted by molar-refractivity contribution is -0.138. The number of carbonyl (C=O) groups excluding carboxylic acids is 3. The third kappa shape index (κ3) is 7.64. The van der Waals surface area contributed by atoms with Crippen LogP contribution in [0.25, 0.3) is 17.1 Å². The summed E-state index contributed by atoms with van der Waals surface area (Å²) in [4.78, 5) is 38.9. The number of piperidine rings is 2. The molecular formula is C33H43N7O8S. The van der Waals surface area contributed by atoms with E-state index in [9.17, 15) is 33.0 Å². The highest BCUT2D eigenvalue weighted by Crippen LogP contribution is 2.38. The molecule has 0 atom stereocenters. The number of aromatic nitrogens is 3. The van der Waals surface area contributed by atoms with Crippen molar-refractivity contribution >= 4 is 27.9 Å². The van der Waals surface area contributed by atoms with Crippen LogP contribution >= 0.6 is 0 Å². The molecule has 15 nitrogen and oxygen atoms in total. The molecule has 0 saturated carbocycles. The summed E-state index contributed by atoms with van der Waals surface area (Å²) in [6.07, 6.45) is 1.40. The minimum Gasteiger partial charge on any atom is -0.508 e. The standard InChI is InChI=1S/C33H43N7O8S/c1-4-35-31(43)30-37-36-29(26-17-25(20(2)3)27(41)18-28(26)42)40(30)23-5-7-24(8-6-23)49(46,47)39-15-11-22(12-16-39)32(44)38-13-9-21(10-14-38)19-48-33(34)45/h5-8,17-18,20-22,41-42H,4,9-16,19H2,1-3H3,(H2,34,45)(H,35,43). The lowest BCUT2D eigenvalue weighted by Crippen LogP contribution is -2.46. The zero-order valence-electron chi connectivity index (χ0n) is 27.8. The fraction of sp³-hybridized carbons (Fsp3) is 0.485. The van der Waals surface area contributed by atoms with Gasteiger partial charge in [-0.2, -0.15) is 4.31 Å². The van der Waals surface area contributed by atoms with Gasteiger partial charge in [0.25, 0.3) is 5.91 Å². The van der Waals surface area contributed by atoms with Crippen molar-refractivity contribution in [3.8, 4) is 28.6 Å². The normalized spacial score (nSPS) is 16.5. The molecule has 1 aromatic heterocycles. The molecule has 3 amide bonds. The van der Waals surface area contributed by atoms with Crippen LogP contribution in [0.15, 0.2) is 41.3 Å². The van der Waals surface area contributed by atoms with Gasteiger partial charge in [0.2, 0.25) is 21.8 Å². The van der Waals surface area contributed by atoms with Crippen LogP contribution in [0.5, 0.6) is 11.5 Å². The van der Waals surface area contributed by atoms with E-state index in [1.807, 2.05) is 18.7 Å². The first-order valence-electron chi connectivity index (χ1n) is 16.4. The lowest BCUT2D eigenvalue weighted by atomic mass is 9.93. The van der Waals surface area contributed by atoms with Crippen LogP contribution in [-0.2, 0) is 19.6 Å². The fourth-order valence-electron chi connectivity index (χ4n) is 6.36. The van der Waals surface area contributed by atoms with Crippen LogP contribution in [-0.4, -0.2) is 99.8 Å². The van der Waals surface area contributed by atoms with E-state index in [0.717, 1.165) is 0 Å². The number of nitrogens with zero attached hydrogens (tertiary/aromatic N) is 5. The molecule has 2 saturated heterocycles. The van der Waals surface area contributed by atoms with Crippen LogP contribution in [0.1, 0.15) is 68.6 Å². The Morgan fingerprint density at radius 2 is 1.63 bits per heavy atom. The number of hydrogen-bond donors (Lipinski definition) is 4. The third-order valence-electron chi connectivity index (χ3n) is 9.13. The number of phenols is 2. The van der Waals surface area contributed by atoms with Gasteiger partial charge in [0.05, 0.1) is 17.1 Å². The molecule has 2 aliphatic rings. The van der Waals surface area contributed by atoms with Gasteiger partial charge in [-0.1, -0.05) is 13.8 Å². The number of rotatable bonds is 10. The Morgan fingerprint density at radius 3 is 2.22 bits per heavy atom. The molecule has 0 spiro atoms. The van der Waals surface area contributed by atoms with E-state index in [1.165, 1.54) is 39.2 Å². The van der Waals surface area contributed by atoms with Gasteiger partial charge in [0.15, 0.2) is 5.82 Å². The van der Waals surface area contributed by atoms with Crippen LogP contribution in [0, 0.1) is 11.8 Å². The van der Waals surface area contributed by atoms with Gasteiger partial charge in [-0.25, -0.2) is 13.2 Å². The molecular weight excluding hydrogens is 654 g/mol. The third-order valence-corrected chi connectivity index (χ3v) is 11.0. The SMILES string of the molecule is CCNC(=O)c1nnc(-c2cc(C(C)C)c(O)cc2O)n1-c1ccc(S(=O)(=O)N2CCC(C(=O)N3CCC(COC(N)=O)CC3)CC2)cc1. The van der Waals surface area contributed by atoms with Crippen molar-refractivity contribution in [1.82, 2.24) is 29.3 Å². The Hall–Kier alpha value is -4.70. The molecule has 0 radical (unpaired) electrons. The summed E-state index contributed by atoms with van der Waals surface area (Å²) in [5.41, 5.74) is 6.23. The zero-order valence-corrected chi connectivity index (χ0v) is 28.6. The van der Waals surface area contributed by atoms with Crippen LogP contribution in [0.2, 0.25) is 0 Å². The summed E-state index contributed by atoms with van der Waals surface area (Å²) in [6, 6.07) is 8.77. The van der Waals surface area contributed by atoms with Crippen molar-refractivity contribution in [3.05, 3.63) is 47.8 Å². The van der Waals surface area contributed by atoms with Gasteiger partial charge in [-0.15, -0.1) is 10.2 Å². The summed E-state index contributed by atoms with van der Waals surface area (Å²) in [5, 5.41) is 32.1. The van der Waals surface area contributed by atoms with Crippen molar-refractivity contribution in [3.63, 3.8) is 0 Å². The number of amides is 3. The molecule has 2 fully saturated rings. The van der Waals surface area contributed by atoms with Crippen LogP contribution in [0.4, 0.5) is 4.79 Å². The van der Waals surface area contributed by atoms with Crippen LogP contribution < -0.4 is 11.1 Å². The molecule has 5 N–H and O–H groups in total. The second kappa shape index (κ2) is 14.8. The van der Waals surface area contributed by atoms with E-state index in [4.69, 9.17) is 10.5 Å². The summed E-state index contributed by atoms with van der Waals surface area (Å²) < 4.78 is 35.0. The van der Waals surface area contributed by atoms with Crippen molar-refractivity contribution in [2.75, 3.05) is 39.3 Å². The predicted octanol–water partition coefficient (Wildman–Crippen LogP) is 2.95. The molecule has 264 valence electrons. The van der Waals surface area contributed by atoms with E-state index in [0.29, 0.717) is 56.6 Å². The topological polar surface area (TPSA) is 210 Å². The molecule has 2 aliphatic heterocycles. The van der Waals surface area contributed by atoms with Crippen LogP contribution in [0.3, 0.4) is 0 Å². The van der Waals surface area contributed by atoms with Gasteiger partial charge >= 0.3 is 6.09 Å². The Labute approximate surface area is 285 Å². The maximum absolute atomic E-state index is 13.7. The Balaban J connectivity index is 1.32. The van der Waals surface area contributed by atoms with Crippen molar-refractivity contribution < 1.29 is 37.8 Å². The summed E-state index contributed by atoms with van der Waals surface area (Å²) in [7, 11) is -3.90. The Kier molecular flexibility index (Phi) is 10.8. The molecule has 0 aliphatic carbocycles. The Bertz CT molecular complexity index is 1790. The second-order valence-corrected chi connectivity index (χ2v) is 14.6. The van der Waals surface area contributed by atoms with E-state index in [2.05, 4.69) is 15.5 Å². The number of benzene rings is 2. The second-order valence-electron chi connectivity index (χ2n) is 12.7. The monoisotopic (exact) mass is 697 g/mol. The average Bonchev–Trinajstić information content (AvgIpc) is 3.52.